The first-order chi connectivity index (χ1) is 9.44. The number of likely N-dealkylation sites (N-methyl/N-ethyl adjacent to an activating group) is 1. The zero-order valence-corrected chi connectivity index (χ0v) is 13.1. The first-order valence-corrected chi connectivity index (χ1v) is 7.28. The minimum atomic E-state index is -0.403. The average molecular weight is 279 g/mol. The van der Waals surface area contributed by atoms with Crippen LogP contribution in [0.2, 0.25) is 0 Å². The molecule has 20 heavy (non-hydrogen) atoms. The highest BCUT2D eigenvalue weighted by atomic mass is 16.5. The van der Waals surface area contributed by atoms with Crippen molar-refractivity contribution in [2.24, 2.45) is 0 Å². The van der Waals surface area contributed by atoms with Crippen molar-refractivity contribution in [1.29, 1.82) is 0 Å². The molecule has 0 aliphatic heterocycles. The molecule has 1 aromatic heterocycles. The maximum absolute atomic E-state index is 13.2. The molecule has 0 bridgehead atoms. The van der Waals surface area contributed by atoms with Crippen molar-refractivity contribution in [2.75, 3.05) is 21.2 Å². The van der Waals surface area contributed by atoms with E-state index in [0.29, 0.717) is 11.4 Å². The first kappa shape index (κ1) is 15.0. The standard InChI is InChI=1S/C15H25N3O2/c1-11(2)18-13(12(20-5)10-16-18)14(19)15(17(3)4)8-6-7-9-15/h10-11H,6-9H2,1-5H3. The summed E-state index contributed by atoms with van der Waals surface area (Å²) in [5.41, 5.74) is 0.207. The SMILES string of the molecule is COc1cnn(C(C)C)c1C(=O)C1(N(C)C)CCCC1. The summed E-state index contributed by atoms with van der Waals surface area (Å²) in [6, 6.07) is 0.137. The highest BCUT2D eigenvalue weighted by molar-refractivity contribution is 6.04. The number of Topliss-reactive ketones (excluding diaryl/α,β-unsaturated/α-hetero) is 1. The summed E-state index contributed by atoms with van der Waals surface area (Å²) in [6.45, 7) is 4.06. The van der Waals surface area contributed by atoms with Crippen LogP contribution in [0.15, 0.2) is 6.20 Å². The molecule has 1 aliphatic carbocycles. The van der Waals surface area contributed by atoms with Crippen molar-refractivity contribution in [2.45, 2.75) is 51.1 Å². The molecule has 1 heterocycles. The van der Waals surface area contributed by atoms with Crippen molar-refractivity contribution in [1.82, 2.24) is 14.7 Å². The summed E-state index contributed by atoms with van der Waals surface area (Å²) < 4.78 is 7.14. The Balaban J connectivity index is 2.49. The van der Waals surface area contributed by atoms with Gasteiger partial charge in [-0.25, -0.2) is 0 Å². The molecule has 0 saturated heterocycles. The van der Waals surface area contributed by atoms with Gasteiger partial charge in [0.2, 0.25) is 5.78 Å². The number of ether oxygens (including phenoxy) is 1. The second-order valence-corrected chi connectivity index (χ2v) is 6.06. The van der Waals surface area contributed by atoms with Gasteiger partial charge in [0.05, 0.1) is 18.8 Å². The quantitative estimate of drug-likeness (QED) is 0.777. The fourth-order valence-electron chi connectivity index (χ4n) is 3.16. The van der Waals surface area contributed by atoms with E-state index in [1.165, 1.54) is 0 Å². The molecule has 0 aromatic carbocycles. The van der Waals surface area contributed by atoms with Crippen LogP contribution in [0.4, 0.5) is 0 Å². The molecule has 0 spiro atoms. The highest BCUT2D eigenvalue weighted by Gasteiger charge is 2.45. The van der Waals surface area contributed by atoms with E-state index in [-0.39, 0.29) is 11.8 Å². The summed E-state index contributed by atoms with van der Waals surface area (Å²) in [5, 5.41) is 4.32. The second-order valence-electron chi connectivity index (χ2n) is 6.06. The molecule has 1 fully saturated rings. The van der Waals surface area contributed by atoms with E-state index in [1.807, 2.05) is 27.9 Å². The maximum Gasteiger partial charge on any atom is 0.204 e. The van der Waals surface area contributed by atoms with Crippen LogP contribution in [0, 0.1) is 0 Å². The van der Waals surface area contributed by atoms with Gasteiger partial charge in [0, 0.05) is 6.04 Å². The van der Waals surface area contributed by atoms with Crippen molar-refractivity contribution in [3.63, 3.8) is 0 Å². The van der Waals surface area contributed by atoms with Crippen molar-refractivity contribution in [3.8, 4) is 5.75 Å². The van der Waals surface area contributed by atoms with Crippen LogP contribution in [-0.4, -0.2) is 47.2 Å². The third-order valence-electron chi connectivity index (χ3n) is 4.40. The number of ketones is 1. The number of carbonyl (C=O) groups is 1. The van der Waals surface area contributed by atoms with Crippen LogP contribution < -0.4 is 4.74 Å². The number of aromatic nitrogens is 2. The summed E-state index contributed by atoms with van der Waals surface area (Å²) in [7, 11) is 5.58. The molecule has 1 aromatic rings. The van der Waals surface area contributed by atoms with E-state index in [2.05, 4.69) is 10.00 Å². The van der Waals surface area contributed by atoms with Gasteiger partial charge in [0.15, 0.2) is 5.75 Å². The van der Waals surface area contributed by atoms with E-state index in [1.54, 1.807) is 18.0 Å². The average Bonchev–Trinajstić information content (AvgIpc) is 3.05. The third kappa shape index (κ3) is 2.24. The zero-order valence-electron chi connectivity index (χ0n) is 13.1. The molecule has 5 heteroatoms. The molecule has 5 nitrogen and oxygen atoms in total. The van der Waals surface area contributed by atoms with Crippen LogP contribution in [0.3, 0.4) is 0 Å². The van der Waals surface area contributed by atoms with Gasteiger partial charge in [-0.3, -0.25) is 14.4 Å². The maximum atomic E-state index is 13.2. The number of carbonyl (C=O) groups excluding carboxylic acids is 1. The molecule has 1 aliphatic rings. The molecule has 0 atom stereocenters. The van der Waals surface area contributed by atoms with Crippen molar-refractivity contribution in [3.05, 3.63) is 11.9 Å². The normalized spacial score (nSPS) is 17.9. The van der Waals surface area contributed by atoms with Gasteiger partial charge in [-0.1, -0.05) is 12.8 Å². The topological polar surface area (TPSA) is 47.4 Å². The van der Waals surface area contributed by atoms with Gasteiger partial charge in [-0.05, 0) is 40.8 Å². The summed E-state index contributed by atoms with van der Waals surface area (Å²) in [4.78, 5) is 15.3. The molecule has 112 valence electrons. The predicted octanol–water partition coefficient (Wildman–Crippen LogP) is 2.53. The fraction of sp³-hybridized carbons (Fsp3) is 0.733. The Morgan fingerprint density at radius 1 is 1.40 bits per heavy atom. The zero-order chi connectivity index (χ0) is 14.9. The Morgan fingerprint density at radius 3 is 2.45 bits per heavy atom. The summed E-state index contributed by atoms with van der Waals surface area (Å²) in [6.07, 6.45) is 5.66. The van der Waals surface area contributed by atoms with E-state index in [0.717, 1.165) is 25.7 Å². The smallest absolute Gasteiger partial charge is 0.204 e. The monoisotopic (exact) mass is 279 g/mol. The van der Waals surface area contributed by atoms with Gasteiger partial charge >= 0.3 is 0 Å². The largest absolute Gasteiger partial charge is 0.493 e. The molecular weight excluding hydrogens is 254 g/mol. The van der Waals surface area contributed by atoms with E-state index in [9.17, 15) is 4.79 Å². The Morgan fingerprint density at radius 2 is 2.00 bits per heavy atom. The van der Waals surface area contributed by atoms with Gasteiger partial charge < -0.3 is 4.74 Å². The molecule has 0 radical (unpaired) electrons. The lowest BCUT2D eigenvalue weighted by Crippen LogP contribution is -2.49. The Hall–Kier alpha value is -1.36. The lowest BCUT2D eigenvalue weighted by atomic mass is 9.88. The minimum absolute atomic E-state index is 0.137. The first-order valence-electron chi connectivity index (χ1n) is 7.28. The minimum Gasteiger partial charge on any atom is -0.493 e. The molecular formula is C15H25N3O2. The van der Waals surface area contributed by atoms with Crippen LogP contribution in [0.25, 0.3) is 0 Å². The Bertz CT molecular complexity index is 485. The fourth-order valence-corrected chi connectivity index (χ4v) is 3.16. The van der Waals surface area contributed by atoms with E-state index < -0.39 is 5.54 Å². The van der Waals surface area contributed by atoms with Crippen LogP contribution in [0.1, 0.15) is 56.1 Å². The third-order valence-corrected chi connectivity index (χ3v) is 4.40. The lowest BCUT2D eigenvalue weighted by Gasteiger charge is -2.35. The number of methoxy groups -OCH3 is 1. The van der Waals surface area contributed by atoms with E-state index >= 15 is 0 Å². The number of nitrogens with zero attached hydrogens (tertiary/aromatic N) is 3. The Kier molecular flexibility index (Phi) is 4.18. The molecule has 1 saturated carbocycles. The van der Waals surface area contributed by atoms with Gasteiger partial charge in [-0.2, -0.15) is 5.10 Å². The predicted molar refractivity (Wildman–Crippen MR) is 78.4 cm³/mol. The van der Waals surface area contributed by atoms with Gasteiger partial charge in [0.1, 0.15) is 5.69 Å². The van der Waals surface area contributed by atoms with Crippen LogP contribution in [-0.2, 0) is 0 Å². The lowest BCUT2D eigenvalue weighted by molar-refractivity contribution is 0.0676. The number of hydrogen-bond donors (Lipinski definition) is 0. The summed E-state index contributed by atoms with van der Waals surface area (Å²) >= 11 is 0. The molecule has 0 amide bonds. The Labute approximate surface area is 120 Å². The van der Waals surface area contributed by atoms with E-state index in [4.69, 9.17) is 4.74 Å². The molecule has 0 N–H and O–H groups in total. The number of rotatable bonds is 5. The van der Waals surface area contributed by atoms with Crippen LogP contribution >= 0.6 is 0 Å². The van der Waals surface area contributed by atoms with Crippen LogP contribution in [0.5, 0.6) is 5.75 Å². The van der Waals surface area contributed by atoms with Crippen molar-refractivity contribution >= 4 is 5.78 Å². The van der Waals surface area contributed by atoms with Crippen molar-refractivity contribution < 1.29 is 9.53 Å². The highest BCUT2D eigenvalue weighted by Crippen LogP contribution is 2.38. The van der Waals surface area contributed by atoms with Gasteiger partial charge in [-0.15, -0.1) is 0 Å². The van der Waals surface area contributed by atoms with Gasteiger partial charge in [0.25, 0.3) is 0 Å². The second kappa shape index (κ2) is 5.56. The molecule has 0 unspecified atom stereocenters. The summed E-state index contributed by atoms with van der Waals surface area (Å²) in [5.74, 6) is 0.722. The molecule has 2 rings (SSSR count). The number of hydrogen-bond acceptors (Lipinski definition) is 4.